The van der Waals surface area contributed by atoms with Crippen LogP contribution in [0.25, 0.3) is 0 Å². The number of aryl methyl sites for hydroxylation is 1. The van der Waals surface area contributed by atoms with Gasteiger partial charge in [-0.15, -0.1) is 0 Å². The highest BCUT2D eigenvalue weighted by molar-refractivity contribution is 5.31. The van der Waals surface area contributed by atoms with Crippen LogP contribution in [0.4, 0.5) is 0 Å². The van der Waals surface area contributed by atoms with E-state index >= 15 is 0 Å². The van der Waals surface area contributed by atoms with Gasteiger partial charge in [-0.25, -0.2) is 0 Å². The van der Waals surface area contributed by atoms with Crippen molar-refractivity contribution in [2.24, 2.45) is 0 Å². The van der Waals surface area contributed by atoms with Crippen molar-refractivity contribution in [3.63, 3.8) is 0 Å². The molecular weight excluding hydrogens is 152 g/mol. The van der Waals surface area contributed by atoms with Crippen LogP contribution in [0.1, 0.15) is 16.7 Å². The van der Waals surface area contributed by atoms with Crippen LogP contribution in [0.3, 0.4) is 0 Å². The largest absolute Gasteiger partial charge is 0.396 e. The molecule has 0 bridgehead atoms. The van der Waals surface area contributed by atoms with E-state index in [1.807, 2.05) is 25.1 Å². The molecule has 0 fully saturated rings. The van der Waals surface area contributed by atoms with Gasteiger partial charge in [-0.2, -0.15) is 0 Å². The summed E-state index contributed by atoms with van der Waals surface area (Å²) in [5.74, 6) is 0. The molecule has 0 aliphatic rings. The molecule has 0 aliphatic carbocycles. The lowest BCUT2D eigenvalue weighted by molar-refractivity contribution is 0.276. The van der Waals surface area contributed by atoms with Gasteiger partial charge in [0.05, 0.1) is 6.61 Å². The van der Waals surface area contributed by atoms with E-state index in [1.165, 1.54) is 0 Å². The van der Waals surface area contributed by atoms with E-state index in [0.29, 0.717) is 6.42 Å². The lowest BCUT2D eigenvalue weighted by Gasteiger charge is -2.06. The topological polar surface area (TPSA) is 40.5 Å². The Kier molecular flexibility index (Phi) is 3.26. The third-order valence-corrected chi connectivity index (χ3v) is 1.91. The molecule has 0 aliphatic heterocycles. The average Bonchev–Trinajstić information content (AvgIpc) is 2.08. The summed E-state index contributed by atoms with van der Waals surface area (Å²) < 4.78 is 0. The van der Waals surface area contributed by atoms with Crippen molar-refractivity contribution in [1.82, 2.24) is 0 Å². The summed E-state index contributed by atoms with van der Waals surface area (Å²) in [6.07, 6.45) is 0.621. The van der Waals surface area contributed by atoms with Crippen molar-refractivity contribution < 1.29 is 10.2 Å². The smallest absolute Gasteiger partial charge is 0.0684 e. The molecule has 1 aromatic rings. The van der Waals surface area contributed by atoms with Crippen LogP contribution in [-0.4, -0.2) is 16.8 Å². The summed E-state index contributed by atoms with van der Waals surface area (Å²) in [5.41, 5.74) is 3.09. The minimum Gasteiger partial charge on any atom is -0.396 e. The van der Waals surface area contributed by atoms with E-state index in [1.54, 1.807) is 0 Å². The van der Waals surface area contributed by atoms with Gasteiger partial charge in [-0.05, 0) is 24.5 Å². The van der Waals surface area contributed by atoms with Crippen LogP contribution < -0.4 is 0 Å². The minimum atomic E-state index is 0.0526. The Labute approximate surface area is 72.5 Å². The fraction of sp³-hybridized carbons (Fsp3) is 0.400. The molecular formula is C10H14O2. The van der Waals surface area contributed by atoms with Gasteiger partial charge in [0.25, 0.3) is 0 Å². The first-order valence-corrected chi connectivity index (χ1v) is 4.08. The zero-order chi connectivity index (χ0) is 8.97. The molecule has 0 spiro atoms. The third kappa shape index (κ3) is 2.06. The average molecular weight is 166 g/mol. The fourth-order valence-corrected chi connectivity index (χ4v) is 1.27. The van der Waals surface area contributed by atoms with Crippen molar-refractivity contribution in [3.05, 3.63) is 34.9 Å². The van der Waals surface area contributed by atoms with Crippen molar-refractivity contribution in [3.8, 4) is 0 Å². The standard InChI is InChI=1S/C10H14O2/c1-8-2-3-9(4-5-11)10(6-8)7-12/h2-3,6,11-12H,4-5,7H2,1H3. The molecule has 0 heterocycles. The first kappa shape index (κ1) is 9.23. The van der Waals surface area contributed by atoms with Crippen LogP contribution in [0, 0.1) is 6.92 Å². The van der Waals surface area contributed by atoms with Crippen molar-refractivity contribution in [1.29, 1.82) is 0 Å². The van der Waals surface area contributed by atoms with E-state index in [2.05, 4.69) is 0 Å². The highest BCUT2D eigenvalue weighted by Crippen LogP contribution is 2.11. The van der Waals surface area contributed by atoms with Gasteiger partial charge in [0.2, 0.25) is 0 Å². The molecule has 2 N–H and O–H groups in total. The molecule has 2 nitrogen and oxygen atoms in total. The quantitative estimate of drug-likeness (QED) is 0.704. The van der Waals surface area contributed by atoms with E-state index < -0.39 is 0 Å². The van der Waals surface area contributed by atoms with Gasteiger partial charge in [-0.3, -0.25) is 0 Å². The summed E-state index contributed by atoms with van der Waals surface area (Å²) in [4.78, 5) is 0. The number of benzene rings is 1. The zero-order valence-electron chi connectivity index (χ0n) is 7.25. The second kappa shape index (κ2) is 4.24. The van der Waals surface area contributed by atoms with Crippen molar-refractivity contribution >= 4 is 0 Å². The molecule has 0 amide bonds. The molecule has 12 heavy (non-hydrogen) atoms. The van der Waals surface area contributed by atoms with Gasteiger partial charge >= 0.3 is 0 Å². The molecule has 0 saturated heterocycles. The number of hydrogen-bond donors (Lipinski definition) is 2. The summed E-state index contributed by atoms with van der Waals surface area (Å²) in [6, 6.07) is 5.90. The second-order valence-electron chi connectivity index (χ2n) is 2.90. The fourth-order valence-electron chi connectivity index (χ4n) is 1.27. The van der Waals surface area contributed by atoms with Crippen molar-refractivity contribution in [2.75, 3.05) is 6.61 Å². The lowest BCUT2D eigenvalue weighted by Crippen LogP contribution is -1.97. The predicted molar refractivity (Wildman–Crippen MR) is 47.9 cm³/mol. The Balaban J connectivity index is 2.94. The Morgan fingerprint density at radius 3 is 2.50 bits per heavy atom. The summed E-state index contributed by atoms with van der Waals surface area (Å²) in [7, 11) is 0. The summed E-state index contributed by atoms with van der Waals surface area (Å²) in [6.45, 7) is 2.18. The molecule has 66 valence electrons. The molecule has 0 radical (unpaired) electrons. The molecule has 0 saturated carbocycles. The maximum Gasteiger partial charge on any atom is 0.0684 e. The predicted octanol–water partition coefficient (Wildman–Crippen LogP) is 1.02. The van der Waals surface area contributed by atoms with E-state index in [0.717, 1.165) is 16.7 Å². The highest BCUT2D eigenvalue weighted by atomic mass is 16.3. The lowest BCUT2D eigenvalue weighted by atomic mass is 10.0. The molecule has 0 unspecified atom stereocenters. The van der Waals surface area contributed by atoms with Crippen molar-refractivity contribution in [2.45, 2.75) is 20.0 Å². The Hall–Kier alpha value is -0.860. The van der Waals surface area contributed by atoms with Crippen LogP contribution >= 0.6 is 0 Å². The Morgan fingerprint density at radius 2 is 1.92 bits per heavy atom. The van der Waals surface area contributed by atoms with Gasteiger partial charge in [0, 0.05) is 6.61 Å². The number of rotatable bonds is 3. The number of aliphatic hydroxyl groups excluding tert-OH is 2. The van der Waals surface area contributed by atoms with Gasteiger partial charge in [-0.1, -0.05) is 23.8 Å². The normalized spacial score (nSPS) is 10.2. The Bertz CT molecular complexity index is 256. The zero-order valence-corrected chi connectivity index (χ0v) is 7.25. The van der Waals surface area contributed by atoms with Crippen LogP contribution in [0.2, 0.25) is 0 Å². The maximum atomic E-state index is 8.99. The SMILES string of the molecule is Cc1ccc(CCO)c(CO)c1. The van der Waals surface area contributed by atoms with Crippen LogP contribution in [-0.2, 0) is 13.0 Å². The first-order valence-electron chi connectivity index (χ1n) is 4.08. The number of aliphatic hydroxyl groups is 2. The van der Waals surface area contributed by atoms with E-state index in [9.17, 15) is 0 Å². The van der Waals surface area contributed by atoms with E-state index in [-0.39, 0.29) is 13.2 Å². The molecule has 1 rings (SSSR count). The highest BCUT2D eigenvalue weighted by Gasteiger charge is 2.00. The second-order valence-corrected chi connectivity index (χ2v) is 2.90. The van der Waals surface area contributed by atoms with E-state index in [4.69, 9.17) is 10.2 Å². The number of hydrogen-bond acceptors (Lipinski definition) is 2. The summed E-state index contributed by atoms with van der Waals surface area (Å²) in [5, 5.41) is 17.7. The molecule has 0 aromatic heterocycles. The van der Waals surface area contributed by atoms with Gasteiger partial charge in [0.1, 0.15) is 0 Å². The molecule has 0 atom stereocenters. The first-order chi connectivity index (χ1) is 5.77. The minimum absolute atomic E-state index is 0.0526. The van der Waals surface area contributed by atoms with Gasteiger partial charge < -0.3 is 10.2 Å². The molecule has 1 aromatic carbocycles. The maximum absolute atomic E-state index is 8.99. The summed E-state index contributed by atoms with van der Waals surface area (Å²) >= 11 is 0. The van der Waals surface area contributed by atoms with Crippen LogP contribution in [0.5, 0.6) is 0 Å². The molecule has 2 heteroatoms. The monoisotopic (exact) mass is 166 g/mol. The van der Waals surface area contributed by atoms with Gasteiger partial charge in [0.15, 0.2) is 0 Å². The third-order valence-electron chi connectivity index (χ3n) is 1.91. The Morgan fingerprint density at radius 1 is 1.17 bits per heavy atom. The van der Waals surface area contributed by atoms with Crippen LogP contribution in [0.15, 0.2) is 18.2 Å².